The Hall–Kier alpha value is -3.93. The van der Waals surface area contributed by atoms with Crippen molar-refractivity contribution in [2.75, 3.05) is 7.11 Å². The van der Waals surface area contributed by atoms with E-state index in [2.05, 4.69) is 0 Å². The van der Waals surface area contributed by atoms with Crippen molar-refractivity contribution in [3.8, 4) is 17.2 Å². The Morgan fingerprint density at radius 1 is 0.643 bits per heavy atom. The predicted molar refractivity (Wildman–Crippen MR) is 101 cm³/mol. The van der Waals surface area contributed by atoms with Gasteiger partial charge in [0, 0.05) is 5.56 Å². The van der Waals surface area contributed by atoms with E-state index in [4.69, 9.17) is 14.2 Å². The molecule has 0 N–H and O–H groups in total. The van der Waals surface area contributed by atoms with Crippen LogP contribution in [0.25, 0.3) is 0 Å². The van der Waals surface area contributed by atoms with Crippen molar-refractivity contribution < 1.29 is 28.6 Å². The SMILES string of the molecule is COc1ccc(OC(=O)c2ccc(C(=O)Oc3ccc(C=O)cc3)cc2)cc1. The fourth-order valence-electron chi connectivity index (χ4n) is 2.33. The molecule has 0 spiro atoms. The van der Waals surface area contributed by atoms with Gasteiger partial charge in [-0.25, -0.2) is 9.59 Å². The third-order valence-corrected chi connectivity index (χ3v) is 3.85. The largest absolute Gasteiger partial charge is 0.497 e. The lowest BCUT2D eigenvalue weighted by Crippen LogP contribution is -2.11. The normalized spacial score (nSPS) is 10.0. The van der Waals surface area contributed by atoms with Crippen molar-refractivity contribution in [3.63, 3.8) is 0 Å². The summed E-state index contributed by atoms with van der Waals surface area (Å²) in [5, 5.41) is 0. The number of methoxy groups -OCH3 is 1. The molecule has 0 bridgehead atoms. The van der Waals surface area contributed by atoms with Crippen molar-refractivity contribution in [2.24, 2.45) is 0 Å². The molecule has 0 heterocycles. The first kappa shape index (κ1) is 18.8. The summed E-state index contributed by atoms with van der Waals surface area (Å²) in [5.41, 5.74) is 1.06. The molecule has 3 aromatic rings. The molecule has 0 aliphatic heterocycles. The number of carbonyl (C=O) groups is 3. The summed E-state index contributed by atoms with van der Waals surface area (Å²) >= 11 is 0. The van der Waals surface area contributed by atoms with Gasteiger partial charge in [0.15, 0.2) is 0 Å². The molecule has 0 aromatic heterocycles. The Kier molecular flexibility index (Phi) is 5.81. The molecule has 0 aliphatic rings. The van der Waals surface area contributed by atoms with Gasteiger partial charge in [0.05, 0.1) is 18.2 Å². The van der Waals surface area contributed by atoms with Crippen LogP contribution in [0.5, 0.6) is 17.2 Å². The quantitative estimate of drug-likeness (QED) is 0.368. The fraction of sp³-hybridized carbons (Fsp3) is 0.0455. The Labute approximate surface area is 161 Å². The van der Waals surface area contributed by atoms with Gasteiger partial charge in [0.25, 0.3) is 0 Å². The van der Waals surface area contributed by atoms with Crippen LogP contribution in [0, 0.1) is 0 Å². The first-order valence-corrected chi connectivity index (χ1v) is 8.33. The summed E-state index contributed by atoms with van der Waals surface area (Å²) < 4.78 is 15.6. The lowest BCUT2D eigenvalue weighted by Gasteiger charge is -2.07. The molecule has 3 aromatic carbocycles. The highest BCUT2D eigenvalue weighted by atomic mass is 16.5. The van der Waals surface area contributed by atoms with Gasteiger partial charge >= 0.3 is 11.9 Å². The first-order valence-electron chi connectivity index (χ1n) is 8.33. The Balaban J connectivity index is 1.63. The molecule has 140 valence electrons. The summed E-state index contributed by atoms with van der Waals surface area (Å²) in [7, 11) is 1.55. The molecular weight excluding hydrogens is 360 g/mol. The lowest BCUT2D eigenvalue weighted by atomic mass is 10.1. The predicted octanol–water partition coefficient (Wildman–Crippen LogP) is 3.95. The highest BCUT2D eigenvalue weighted by molar-refractivity contribution is 5.95. The monoisotopic (exact) mass is 376 g/mol. The Bertz CT molecular complexity index is 973. The van der Waals surface area contributed by atoms with Gasteiger partial charge in [-0.1, -0.05) is 0 Å². The number of esters is 2. The molecule has 0 fully saturated rings. The molecule has 0 radical (unpaired) electrons. The molecule has 0 saturated carbocycles. The van der Waals surface area contributed by atoms with Crippen molar-refractivity contribution in [3.05, 3.63) is 89.5 Å². The lowest BCUT2D eigenvalue weighted by molar-refractivity contribution is 0.0720. The van der Waals surface area contributed by atoms with Crippen LogP contribution >= 0.6 is 0 Å². The highest BCUT2D eigenvalue weighted by Crippen LogP contribution is 2.19. The van der Waals surface area contributed by atoms with Crippen molar-refractivity contribution >= 4 is 18.2 Å². The minimum Gasteiger partial charge on any atom is -0.497 e. The molecule has 0 aliphatic carbocycles. The standard InChI is InChI=1S/C22H16O6/c1-26-18-10-12-20(13-11-18)28-22(25)17-6-4-16(5-7-17)21(24)27-19-8-2-15(14-23)3-9-19/h2-14H,1H3. The van der Waals surface area contributed by atoms with Crippen LogP contribution < -0.4 is 14.2 Å². The maximum absolute atomic E-state index is 12.2. The summed E-state index contributed by atoms with van der Waals surface area (Å²) in [5.74, 6) is 0.235. The van der Waals surface area contributed by atoms with E-state index in [1.54, 1.807) is 43.5 Å². The number of rotatable bonds is 6. The van der Waals surface area contributed by atoms with E-state index in [0.717, 1.165) is 0 Å². The summed E-state index contributed by atoms with van der Waals surface area (Å²) in [6.07, 6.45) is 0.704. The fourth-order valence-corrected chi connectivity index (χ4v) is 2.33. The molecule has 3 rings (SSSR count). The molecule has 0 amide bonds. The molecule has 6 nitrogen and oxygen atoms in total. The van der Waals surface area contributed by atoms with Crippen LogP contribution in [-0.2, 0) is 0 Å². The van der Waals surface area contributed by atoms with Crippen LogP contribution in [0.2, 0.25) is 0 Å². The molecular formula is C22H16O6. The third kappa shape index (κ3) is 4.62. The van der Waals surface area contributed by atoms with Crippen molar-refractivity contribution in [2.45, 2.75) is 0 Å². The maximum atomic E-state index is 12.2. The van der Waals surface area contributed by atoms with E-state index in [-0.39, 0.29) is 5.56 Å². The number of hydrogen-bond donors (Lipinski definition) is 0. The van der Waals surface area contributed by atoms with E-state index in [9.17, 15) is 14.4 Å². The smallest absolute Gasteiger partial charge is 0.343 e. The number of hydrogen-bond acceptors (Lipinski definition) is 6. The third-order valence-electron chi connectivity index (χ3n) is 3.85. The summed E-state index contributed by atoms with van der Waals surface area (Å²) in [6.45, 7) is 0. The van der Waals surface area contributed by atoms with Crippen LogP contribution in [0.3, 0.4) is 0 Å². The van der Waals surface area contributed by atoms with Gasteiger partial charge in [-0.05, 0) is 72.8 Å². The zero-order valence-electron chi connectivity index (χ0n) is 15.0. The summed E-state index contributed by atoms with van der Waals surface area (Å²) in [4.78, 5) is 35.0. The minimum atomic E-state index is -0.575. The molecule has 28 heavy (non-hydrogen) atoms. The van der Waals surface area contributed by atoms with E-state index < -0.39 is 11.9 Å². The van der Waals surface area contributed by atoms with Gasteiger partial charge in [0.1, 0.15) is 23.5 Å². The topological polar surface area (TPSA) is 78.9 Å². The van der Waals surface area contributed by atoms with Crippen molar-refractivity contribution in [1.82, 2.24) is 0 Å². The molecule has 0 unspecified atom stereocenters. The second-order valence-corrected chi connectivity index (χ2v) is 5.72. The second-order valence-electron chi connectivity index (χ2n) is 5.72. The zero-order valence-corrected chi connectivity index (χ0v) is 15.0. The van der Waals surface area contributed by atoms with E-state index in [1.165, 1.54) is 36.4 Å². The Morgan fingerprint density at radius 2 is 1.04 bits per heavy atom. The van der Waals surface area contributed by atoms with E-state index in [1.807, 2.05) is 0 Å². The van der Waals surface area contributed by atoms with Gasteiger partial charge < -0.3 is 14.2 Å². The number of benzene rings is 3. The molecule has 0 saturated heterocycles. The zero-order chi connectivity index (χ0) is 19.9. The van der Waals surface area contributed by atoms with Crippen LogP contribution in [0.1, 0.15) is 31.1 Å². The average molecular weight is 376 g/mol. The minimum absolute atomic E-state index is 0.278. The van der Waals surface area contributed by atoms with E-state index in [0.29, 0.717) is 34.7 Å². The highest BCUT2D eigenvalue weighted by Gasteiger charge is 2.12. The van der Waals surface area contributed by atoms with Gasteiger partial charge in [-0.2, -0.15) is 0 Å². The second kappa shape index (κ2) is 8.64. The van der Waals surface area contributed by atoms with Crippen LogP contribution in [0.4, 0.5) is 0 Å². The van der Waals surface area contributed by atoms with Crippen LogP contribution in [0.15, 0.2) is 72.8 Å². The first-order chi connectivity index (χ1) is 13.6. The number of ether oxygens (including phenoxy) is 3. The Morgan fingerprint density at radius 3 is 1.43 bits per heavy atom. The van der Waals surface area contributed by atoms with E-state index >= 15 is 0 Å². The van der Waals surface area contributed by atoms with Gasteiger partial charge in [0.2, 0.25) is 0 Å². The van der Waals surface area contributed by atoms with Gasteiger partial charge in [-0.3, -0.25) is 4.79 Å². The van der Waals surface area contributed by atoms with Gasteiger partial charge in [-0.15, -0.1) is 0 Å². The maximum Gasteiger partial charge on any atom is 0.343 e. The van der Waals surface area contributed by atoms with Crippen molar-refractivity contribution in [1.29, 1.82) is 0 Å². The number of aldehydes is 1. The molecule has 6 heteroatoms. The summed E-state index contributed by atoms with van der Waals surface area (Å²) in [6, 6.07) is 18.7. The number of carbonyl (C=O) groups excluding carboxylic acids is 3. The molecule has 0 atom stereocenters. The average Bonchev–Trinajstić information content (AvgIpc) is 2.75. The van der Waals surface area contributed by atoms with Crippen LogP contribution in [-0.4, -0.2) is 25.3 Å².